The molecular formula is C15H24N2O9S. The van der Waals surface area contributed by atoms with Crippen molar-refractivity contribution in [3.8, 4) is 0 Å². The van der Waals surface area contributed by atoms with E-state index in [9.17, 15) is 24.0 Å². The average Bonchev–Trinajstić information content (AvgIpc) is 2.62. The number of carbonyl (C=O) groups excluding carboxylic acids is 4. The lowest BCUT2D eigenvalue weighted by Crippen LogP contribution is -2.53. The number of hydrogen-bond acceptors (Lipinski definition) is 9. The van der Waals surface area contributed by atoms with Gasteiger partial charge in [-0.15, -0.1) is 0 Å². The molecule has 11 nitrogen and oxygen atoms in total. The second-order valence-corrected chi connectivity index (χ2v) is 6.45. The summed E-state index contributed by atoms with van der Waals surface area (Å²) in [5.41, 5.74) is 0. The number of esters is 2. The van der Waals surface area contributed by atoms with Crippen molar-refractivity contribution in [3.05, 3.63) is 0 Å². The third-order valence-electron chi connectivity index (χ3n) is 3.27. The van der Waals surface area contributed by atoms with Crippen molar-refractivity contribution < 1.29 is 43.7 Å². The number of amides is 2. The normalized spacial score (nSPS) is 13.6. The van der Waals surface area contributed by atoms with Crippen molar-refractivity contribution >= 4 is 41.5 Å². The summed E-state index contributed by atoms with van der Waals surface area (Å²) in [6, 6.07) is -2.61. The molecule has 0 radical (unpaired) electrons. The number of rotatable bonds is 12. The van der Waals surface area contributed by atoms with Crippen molar-refractivity contribution in [2.45, 2.75) is 25.4 Å². The minimum atomic E-state index is -1.51. The SMILES string of the molecule is COC(=O)CC(CSC[C@H](NC(C)=O)C(=O)N[C@@H](CO)C(=O)O)C(=O)OC. The van der Waals surface area contributed by atoms with Crippen molar-refractivity contribution in [3.63, 3.8) is 0 Å². The van der Waals surface area contributed by atoms with Crippen LogP contribution < -0.4 is 10.6 Å². The molecule has 0 fully saturated rings. The number of carbonyl (C=O) groups is 5. The lowest BCUT2D eigenvalue weighted by Gasteiger charge is -2.20. The lowest BCUT2D eigenvalue weighted by molar-refractivity contribution is -0.151. The van der Waals surface area contributed by atoms with Gasteiger partial charge in [-0.2, -0.15) is 11.8 Å². The molecule has 0 rings (SSSR count). The maximum atomic E-state index is 12.2. The number of aliphatic carboxylic acids is 1. The molecule has 0 saturated carbocycles. The van der Waals surface area contributed by atoms with E-state index < -0.39 is 54.3 Å². The molecule has 2 amide bonds. The first-order valence-corrected chi connectivity index (χ1v) is 8.95. The Morgan fingerprint density at radius 2 is 1.63 bits per heavy atom. The van der Waals surface area contributed by atoms with E-state index in [0.717, 1.165) is 11.8 Å². The third kappa shape index (κ3) is 9.80. The molecule has 0 bridgehead atoms. The molecule has 3 atom stereocenters. The van der Waals surface area contributed by atoms with Gasteiger partial charge >= 0.3 is 17.9 Å². The zero-order valence-electron chi connectivity index (χ0n) is 15.2. The Kier molecular flexibility index (Phi) is 11.8. The summed E-state index contributed by atoms with van der Waals surface area (Å²) in [6.45, 7) is 0.366. The molecule has 27 heavy (non-hydrogen) atoms. The predicted octanol–water partition coefficient (Wildman–Crippen LogP) is -1.86. The first-order chi connectivity index (χ1) is 12.7. The van der Waals surface area contributed by atoms with Crippen molar-refractivity contribution in [2.75, 3.05) is 32.3 Å². The highest BCUT2D eigenvalue weighted by molar-refractivity contribution is 7.99. The molecule has 1 unspecified atom stereocenters. The quantitative estimate of drug-likeness (QED) is 0.269. The van der Waals surface area contributed by atoms with E-state index in [2.05, 4.69) is 20.1 Å². The summed E-state index contributed by atoms with van der Waals surface area (Å²) in [5.74, 6) is -4.69. The summed E-state index contributed by atoms with van der Waals surface area (Å²) < 4.78 is 9.13. The second-order valence-electron chi connectivity index (χ2n) is 5.37. The van der Waals surface area contributed by atoms with Gasteiger partial charge in [0.1, 0.15) is 12.1 Å². The minimum absolute atomic E-state index is 0.00214. The van der Waals surface area contributed by atoms with Gasteiger partial charge in [0.25, 0.3) is 0 Å². The molecular weight excluding hydrogens is 384 g/mol. The molecule has 0 heterocycles. The summed E-state index contributed by atoms with van der Waals surface area (Å²) >= 11 is 1.08. The van der Waals surface area contributed by atoms with Crippen LogP contribution in [0.4, 0.5) is 0 Å². The van der Waals surface area contributed by atoms with Crippen LogP contribution in [-0.2, 0) is 33.4 Å². The van der Waals surface area contributed by atoms with Crippen LogP contribution in [-0.4, -0.2) is 84.4 Å². The molecule has 0 aromatic carbocycles. The van der Waals surface area contributed by atoms with Crippen LogP contribution in [0.3, 0.4) is 0 Å². The van der Waals surface area contributed by atoms with Gasteiger partial charge in [-0.1, -0.05) is 0 Å². The number of aliphatic hydroxyl groups excluding tert-OH is 1. The van der Waals surface area contributed by atoms with E-state index in [4.69, 9.17) is 10.2 Å². The van der Waals surface area contributed by atoms with Crippen molar-refractivity contribution in [1.82, 2.24) is 10.6 Å². The smallest absolute Gasteiger partial charge is 0.328 e. The van der Waals surface area contributed by atoms with E-state index in [-0.39, 0.29) is 17.9 Å². The van der Waals surface area contributed by atoms with E-state index >= 15 is 0 Å². The monoisotopic (exact) mass is 408 g/mol. The van der Waals surface area contributed by atoms with Gasteiger partial charge in [0, 0.05) is 18.4 Å². The van der Waals surface area contributed by atoms with Crippen LogP contribution in [0.25, 0.3) is 0 Å². The second kappa shape index (κ2) is 12.9. The molecule has 154 valence electrons. The molecule has 0 saturated heterocycles. The molecule has 4 N–H and O–H groups in total. The third-order valence-corrected chi connectivity index (χ3v) is 4.48. The van der Waals surface area contributed by atoms with Gasteiger partial charge in [-0.25, -0.2) is 4.79 Å². The Hall–Kier alpha value is -2.34. The van der Waals surface area contributed by atoms with Crippen LogP contribution >= 0.6 is 11.8 Å². The fraction of sp³-hybridized carbons (Fsp3) is 0.667. The maximum Gasteiger partial charge on any atom is 0.328 e. The molecule has 0 aliphatic rings. The fourth-order valence-electron chi connectivity index (χ4n) is 1.88. The van der Waals surface area contributed by atoms with E-state index in [1.165, 1.54) is 21.1 Å². The number of methoxy groups -OCH3 is 2. The summed E-state index contributed by atoms with van der Waals surface area (Å²) in [6.07, 6.45) is -0.210. The Bertz CT molecular complexity index is 555. The van der Waals surface area contributed by atoms with Crippen molar-refractivity contribution in [1.29, 1.82) is 0 Å². The Morgan fingerprint density at radius 3 is 2.07 bits per heavy atom. The van der Waals surface area contributed by atoms with Gasteiger partial charge in [0.15, 0.2) is 0 Å². The summed E-state index contributed by atoms with van der Waals surface area (Å²) in [7, 11) is 2.35. The van der Waals surface area contributed by atoms with Crippen LogP contribution in [0.2, 0.25) is 0 Å². The number of ether oxygens (including phenoxy) is 2. The number of nitrogens with one attached hydrogen (secondary N) is 2. The Morgan fingerprint density at radius 1 is 1.00 bits per heavy atom. The highest BCUT2D eigenvalue weighted by atomic mass is 32.2. The van der Waals surface area contributed by atoms with Gasteiger partial charge in [0.05, 0.1) is 33.2 Å². The minimum Gasteiger partial charge on any atom is -0.480 e. The summed E-state index contributed by atoms with van der Waals surface area (Å²) in [5, 5.41) is 22.3. The Balaban J connectivity index is 4.90. The highest BCUT2D eigenvalue weighted by Gasteiger charge is 2.27. The first-order valence-electron chi connectivity index (χ1n) is 7.79. The molecule has 0 spiro atoms. The standard InChI is InChI=1S/C15H24N2O9S/c1-8(19)16-11(13(21)17-10(5-18)14(22)23)7-27-6-9(15(24)26-3)4-12(20)25-2/h9-11,18H,4-7H2,1-3H3,(H,16,19)(H,17,21)(H,22,23)/t9?,10-,11-/m0/s1. The van der Waals surface area contributed by atoms with Crippen LogP contribution in [0, 0.1) is 5.92 Å². The zero-order chi connectivity index (χ0) is 21.0. The lowest BCUT2D eigenvalue weighted by atomic mass is 10.1. The van der Waals surface area contributed by atoms with Gasteiger partial charge < -0.3 is 30.3 Å². The fourth-order valence-corrected chi connectivity index (χ4v) is 3.02. The number of carboxylic acid groups (broad SMARTS) is 1. The van der Waals surface area contributed by atoms with Gasteiger partial charge in [0.2, 0.25) is 11.8 Å². The number of carboxylic acids is 1. The number of thioether (sulfide) groups is 1. The first kappa shape index (κ1) is 24.7. The summed E-state index contributed by atoms with van der Waals surface area (Å²) in [4.78, 5) is 57.4. The van der Waals surface area contributed by atoms with Crippen LogP contribution in [0.1, 0.15) is 13.3 Å². The Labute approximate surface area is 160 Å². The van der Waals surface area contributed by atoms with E-state index in [0.29, 0.717) is 0 Å². The molecule has 12 heteroatoms. The maximum absolute atomic E-state index is 12.2. The van der Waals surface area contributed by atoms with Crippen LogP contribution in [0.15, 0.2) is 0 Å². The predicted molar refractivity (Wildman–Crippen MR) is 93.7 cm³/mol. The average molecular weight is 408 g/mol. The topological polar surface area (TPSA) is 168 Å². The highest BCUT2D eigenvalue weighted by Crippen LogP contribution is 2.16. The molecule has 0 aromatic rings. The number of aliphatic hydroxyl groups is 1. The molecule has 0 aliphatic carbocycles. The zero-order valence-corrected chi connectivity index (χ0v) is 16.0. The van der Waals surface area contributed by atoms with E-state index in [1.807, 2.05) is 0 Å². The van der Waals surface area contributed by atoms with Gasteiger partial charge in [-0.3, -0.25) is 19.2 Å². The van der Waals surface area contributed by atoms with Crippen molar-refractivity contribution in [2.24, 2.45) is 5.92 Å². The molecule has 0 aromatic heterocycles. The van der Waals surface area contributed by atoms with E-state index in [1.54, 1.807) is 0 Å². The number of hydrogen-bond donors (Lipinski definition) is 4. The van der Waals surface area contributed by atoms with Crippen LogP contribution in [0.5, 0.6) is 0 Å². The molecule has 0 aliphatic heterocycles. The largest absolute Gasteiger partial charge is 0.480 e. The van der Waals surface area contributed by atoms with Gasteiger partial charge in [-0.05, 0) is 0 Å².